The van der Waals surface area contributed by atoms with Gasteiger partial charge in [-0.1, -0.05) is 27.7 Å². The summed E-state index contributed by atoms with van der Waals surface area (Å²) >= 11 is 0. The van der Waals surface area contributed by atoms with Crippen LogP contribution < -0.4 is 25.0 Å². The number of carbonyl (C=O) groups excluding carboxylic acids is 5. The van der Waals surface area contributed by atoms with Gasteiger partial charge in [-0.05, 0) is 106 Å². The van der Waals surface area contributed by atoms with Crippen LogP contribution in [0.4, 0.5) is 5.69 Å². The first kappa shape index (κ1) is 43.9. The maximum absolute atomic E-state index is 13.5. The van der Waals surface area contributed by atoms with E-state index in [0.29, 0.717) is 29.5 Å². The van der Waals surface area contributed by atoms with E-state index in [4.69, 9.17) is 14.2 Å². The zero-order valence-corrected chi connectivity index (χ0v) is 37.3. The van der Waals surface area contributed by atoms with Crippen LogP contribution in [-0.2, 0) is 14.3 Å². The van der Waals surface area contributed by atoms with Crippen LogP contribution in [0.2, 0.25) is 0 Å². The second kappa shape index (κ2) is 17.1. The van der Waals surface area contributed by atoms with Crippen molar-refractivity contribution in [3.05, 3.63) is 88.0 Å². The number of anilines is 1. The van der Waals surface area contributed by atoms with Gasteiger partial charge in [0, 0.05) is 73.1 Å². The summed E-state index contributed by atoms with van der Waals surface area (Å²) in [6.45, 7) is 15.5. The zero-order chi connectivity index (χ0) is 45.0. The van der Waals surface area contributed by atoms with Gasteiger partial charge in [0.15, 0.2) is 0 Å². The molecule has 1 atom stereocenters. The minimum Gasteiger partial charge on any atom is -0.490 e. The molecule has 3 heterocycles. The average molecular weight is 859 g/mol. The smallest absolute Gasteiger partial charge is 0.262 e. The molecule has 0 bridgehead atoms. The highest BCUT2D eigenvalue weighted by Gasteiger charge is 2.64. The van der Waals surface area contributed by atoms with E-state index in [9.17, 15) is 29.2 Å². The number of likely N-dealkylation sites (N-methyl/N-ethyl adjacent to an activating group) is 1. The van der Waals surface area contributed by atoms with Gasteiger partial charge >= 0.3 is 0 Å². The molecule has 4 fully saturated rings. The molecule has 2 aliphatic carbocycles. The maximum Gasteiger partial charge on any atom is 0.262 e. The molecule has 2 N–H and O–H groups in total. The van der Waals surface area contributed by atoms with Gasteiger partial charge in [0.1, 0.15) is 29.7 Å². The molecule has 5 aliphatic rings. The van der Waals surface area contributed by atoms with E-state index < -0.39 is 29.7 Å². The highest BCUT2D eigenvalue weighted by molar-refractivity contribution is 6.23. The van der Waals surface area contributed by atoms with Gasteiger partial charge in [0.05, 0.1) is 35.5 Å². The number of nitrogens with one attached hydrogen (secondary N) is 2. The van der Waals surface area contributed by atoms with E-state index in [1.54, 1.807) is 18.2 Å². The molecule has 3 aromatic rings. The van der Waals surface area contributed by atoms with Gasteiger partial charge in [0.25, 0.3) is 17.7 Å². The van der Waals surface area contributed by atoms with Crippen LogP contribution in [0.15, 0.2) is 54.6 Å². The minimum absolute atomic E-state index is 0.0200. The summed E-state index contributed by atoms with van der Waals surface area (Å²) < 4.78 is 19.1. The largest absolute Gasteiger partial charge is 0.490 e. The summed E-state index contributed by atoms with van der Waals surface area (Å²) in [7, 11) is 2.10. The predicted octanol–water partition coefficient (Wildman–Crippen LogP) is 5.72. The molecule has 2 saturated heterocycles. The third kappa shape index (κ3) is 8.41. The lowest BCUT2D eigenvalue weighted by Gasteiger charge is -2.63. The van der Waals surface area contributed by atoms with Gasteiger partial charge in [-0.15, -0.1) is 0 Å². The Kier molecular flexibility index (Phi) is 11.9. The molecular formula is C49H58N6O8. The molecule has 0 radical (unpaired) electrons. The molecule has 5 amide bonds. The van der Waals surface area contributed by atoms with Crippen molar-refractivity contribution < 1.29 is 38.2 Å². The summed E-state index contributed by atoms with van der Waals surface area (Å²) in [6.07, 6.45) is 3.71. The molecule has 14 heteroatoms. The second-order valence-corrected chi connectivity index (χ2v) is 19.2. The summed E-state index contributed by atoms with van der Waals surface area (Å²) in [5.74, 6) is -0.972. The van der Waals surface area contributed by atoms with Crippen molar-refractivity contribution >= 4 is 35.2 Å². The molecule has 0 unspecified atom stereocenters. The summed E-state index contributed by atoms with van der Waals surface area (Å²) in [4.78, 5) is 69.3. The fourth-order valence-electron chi connectivity index (χ4n) is 10.7. The zero-order valence-electron chi connectivity index (χ0n) is 37.3. The number of aryl methyl sites for hydroxylation is 2. The van der Waals surface area contributed by atoms with E-state index in [2.05, 4.69) is 61.2 Å². The molecule has 8 rings (SSSR count). The Morgan fingerprint density at radius 3 is 2.14 bits per heavy atom. The number of rotatable bonds is 13. The quantitative estimate of drug-likeness (QED) is 0.202. The number of hydrogen-bond acceptors (Lipinski definition) is 11. The number of imide groups is 2. The van der Waals surface area contributed by atoms with Crippen LogP contribution in [0, 0.1) is 36.0 Å². The average Bonchev–Trinajstić information content (AvgIpc) is 3.47. The molecule has 14 nitrogen and oxygen atoms in total. The molecule has 63 heavy (non-hydrogen) atoms. The first-order chi connectivity index (χ1) is 30.0. The Labute approximate surface area is 369 Å². The number of nitriles is 1. The lowest BCUT2D eigenvalue weighted by Crippen LogP contribution is -2.74. The number of ether oxygens (including phenoxy) is 3. The van der Waals surface area contributed by atoms with E-state index >= 15 is 0 Å². The fraction of sp³-hybridized carbons (Fsp3) is 0.510. The fourth-order valence-corrected chi connectivity index (χ4v) is 10.7. The summed E-state index contributed by atoms with van der Waals surface area (Å²) in [5, 5.41) is 15.0. The molecule has 332 valence electrons. The molecular weight excluding hydrogens is 801 g/mol. The summed E-state index contributed by atoms with van der Waals surface area (Å²) in [5.41, 5.74) is 3.98. The van der Waals surface area contributed by atoms with Crippen LogP contribution in [0.1, 0.15) is 114 Å². The van der Waals surface area contributed by atoms with Crippen LogP contribution in [0.3, 0.4) is 0 Å². The highest BCUT2D eigenvalue weighted by Crippen LogP contribution is 2.55. The van der Waals surface area contributed by atoms with Crippen molar-refractivity contribution in [3.8, 4) is 17.6 Å². The maximum atomic E-state index is 13.5. The normalized spacial score (nSPS) is 25.2. The van der Waals surface area contributed by atoms with Gasteiger partial charge in [0.2, 0.25) is 11.8 Å². The van der Waals surface area contributed by atoms with Gasteiger partial charge in [-0.3, -0.25) is 34.2 Å². The monoisotopic (exact) mass is 858 g/mol. The Balaban J connectivity index is 0.738. The Hall–Kier alpha value is -5.78. The molecule has 0 spiro atoms. The second-order valence-electron chi connectivity index (χ2n) is 19.2. The third-order valence-electron chi connectivity index (χ3n) is 14.1. The number of amides is 5. The number of piperidine rings is 2. The van der Waals surface area contributed by atoms with Crippen LogP contribution in [-0.4, -0.2) is 109 Å². The number of benzene rings is 3. The van der Waals surface area contributed by atoms with Crippen molar-refractivity contribution in [3.63, 3.8) is 0 Å². The minimum atomic E-state index is -1.00. The van der Waals surface area contributed by atoms with Gasteiger partial charge in [-0.25, -0.2) is 0 Å². The van der Waals surface area contributed by atoms with E-state index in [1.165, 1.54) is 0 Å². The molecule has 3 aliphatic heterocycles. The van der Waals surface area contributed by atoms with Crippen molar-refractivity contribution in [1.82, 2.24) is 20.4 Å². The van der Waals surface area contributed by atoms with Crippen molar-refractivity contribution in [2.45, 2.75) is 117 Å². The SMILES string of the molecule is Cc1cc(OC2C(C)(C)C(NC(=O)c3ccc(N4CCC(OCCN(C)C5CC(Oc6ccc7c(c6)C(=O)N([C@@H]6CCC(=O)NC6=O)C7=O)C5)CC4)cc3)C2(C)C)cc(C)c1C#N. The molecule has 3 aromatic carbocycles. The standard InChI is InChI=1S/C49H58N6O8/c1-28-22-35(23-29(2)39(28)27-50)63-47-48(3,4)46(49(47,5)6)52-42(57)30-8-10-31(11-9-30)54-18-16-33(17-19-54)61-21-20-53(7)32-24-36(25-32)62-34-12-13-37-38(26-34)45(60)55(44(37)59)40-14-15-41(56)51-43(40)58/h8-13,22-23,26,32-33,36,40,46-47H,14-21,24-25H2,1-7H3,(H,52,57)(H,51,56,58)/t32?,36?,40-,46?,47?/m1/s1. The Morgan fingerprint density at radius 1 is 0.857 bits per heavy atom. The molecule has 0 aromatic heterocycles. The summed E-state index contributed by atoms with van der Waals surface area (Å²) in [6, 6.07) is 18.1. The lowest BCUT2D eigenvalue weighted by atomic mass is 9.49. The number of nitrogens with zero attached hydrogens (tertiary/aromatic N) is 4. The van der Waals surface area contributed by atoms with E-state index in [1.807, 2.05) is 50.2 Å². The topological polar surface area (TPSA) is 171 Å². The Bertz CT molecular complexity index is 2320. The third-order valence-corrected chi connectivity index (χ3v) is 14.1. The molecule has 2 saturated carbocycles. The Morgan fingerprint density at radius 2 is 1.51 bits per heavy atom. The van der Waals surface area contributed by atoms with Crippen LogP contribution in [0.5, 0.6) is 11.5 Å². The van der Waals surface area contributed by atoms with Crippen LogP contribution in [0.25, 0.3) is 0 Å². The highest BCUT2D eigenvalue weighted by atomic mass is 16.5. The van der Waals surface area contributed by atoms with E-state index in [0.717, 1.165) is 72.8 Å². The number of hydrogen-bond donors (Lipinski definition) is 2. The van der Waals surface area contributed by atoms with Crippen LogP contribution >= 0.6 is 0 Å². The predicted molar refractivity (Wildman–Crippen MR) is 235 cm³/mol. The van der Waals surface area contributed by atoms with Crippen molar-refractivity contribution in [1.29, 1.82) is 5.26 Å². The lowest BCUT2D eigenvalue weighted by molar-refractivity contribution is -0.164. The van der Waals surface area contributed by atoms with Crippen molar-refractivity contribution in [2.75, 3.05) is 38.2 Å². The van der Waals surface area contributed by atoms with Crippen molar-refractivity contribution in [2.24, 2.45) is 10.8 Å². The first-order valence-corrected chi connectivity index (χ1v) is 22.1. The number of fused-ring (bicyclic) bond motifs is 1. The van der Waals surface area contributed by atoms with Gasteiger partial charge < -0.3 is 29.3 Å². The van der Waals surface area contributed by atoms with Gasteiger partial charge in [-0.2, -0.15) is 5.26 Å². The number of carbonyl (C=O) groups is 5. The first-order valence-electron chi connectivity index (χ1n) is 22.1. The van der Waals surface area contributed by atoms with E-state index in [-0.39, 0.29) is 65.1 Å².